The fourth-order valence-electron chi connectivity index (χ4n) is 2.47. The maximum atomic E-state index is 11.7. The molecule has 0 aliphatic heterocycles. The van der Waals surface area contributed by atoms with Gasteiger partial charge >= 0.3 is 5.63 Å². The summed E-state index contributed by atoms with van der Waals surface area (Å²) in [5, 5.41) is 4.93. The van der Waals surface area contributed by atoms with Gasteiger partial charge in [-0.15, -0.1) is 0 Å². The van der Waals surface area contributed by atoms with Gasteiger partial charge in [-0.25, -0.2) is 4.79 Å². The van der Waals surface area contributed by atoms with Crippen LogP contribution in [0.2, 0.25) is 5.02 Å². The van der Waals surface area contributed by atoms with E-state index in [1.165, 1.54) is 6.07 Å². The average molecular weight is 330 g/mol. The van der Waals surface area contributed by atoms with Gasteiger partial charge in [-0.3, -0.25) is 0 Å². The zero-order chi connectivity index (χ0) is 16.2. The van der Waals surface area contributed by atoms with Crippen molar-refractivity contribution in [3.63, 3.8) is 0 Å². The van der Waals surface area contributed by atoms with Crippen LogP contribution in [-0.4, -0.2) is 7.11 Å². The monoisotopic (exact) mass is 329 g/mol. The van der Waals surface area contributed by atoms with Crippen molar-refractivity contribution in [2.75, 3.05) is 7.11 Å². The van der Waals surface area contributed by atoms with Crippen LogP contribution in [0.25, 0.3) is 11.0 Å². The van der Waals surface area contributed by atoms with Gasteiger partial charge in [0.05, 0.1) is 7.11 Å². The lowest BCUT2D eigenvalue weighted by molar-refractivity contribution is 0.414. The molecule has 5 heteroatoms. The van der Waals surface area contributed by atoms with Crippen molar-refractivity contribution in [3.05, 3.63) is 75.1 Å². The molecule has 0 saturated carbocycles. The minimum absolute atomic E-state index is 0.370. The van der Waals surface area contributed by atoms with Gasteiger partial charge < -0.3 is 14.5 Å². The molecule has 118 valence electrons. The quantitative estimate of drug-likeness (QED) is 0.724. The molecule has 0 amide bonds. The lowest BCUT2D eigenvalue weighted by Gasteiger charge is -2.09. The first kappa shape index (κ1) is 15.6. The van der Waals surface area contributed by atoms with E-state index in [2.05, 4.69) is 5.32 Å². The molecule has 4 nitrogen and oxygen atoms in total. The third-order valence-corrected chi connectivity index (χ3v) is 3.81. The predicted molar refractivity (Wildman–Crippen MR) is 91.0 cm³/mol. The van der Waals surface area contributed by atoms with Crippen LogP contribution in [0.3, 0.4) is 0 Å². The SMILES string of the molecule is COc1ccc2c(CNCc3cccc(Cl)c3)cc(=O)oc2c1. The molecule has 0 spiro atoms. The molecule has 0 aliphatic rings. The van der Waals surface area contributed by atoms with Crippen molar-refractivity contribution in [3.8, 4) is 5.75 Å². The Balaban J connectivity index is 1.81. The number of benzene rings is 2. The topological polar surface area (TPSA) is 51.5 Å². The highest BCUT2D eigenvalue weighted by molar-refractivity contribution is 6.30. The summed E-state index contributed by atoms with van der Waals surface area (Å²) in [5.74, 6) is 0.657. The van der Waals surface area contributed by atoms with E-state index < -0.39 is 0 Å². The molecule has 1 N–H and O–H groups in total. The maximum absolute atomic E-state index is 11.7. The van der Waals surface area contributed by atoms with E-state index in [0.29, 0.717) is 29.4 Å². The molecule has 23 heavy (non-hydrogen) atoms. The van der Waals surface area contributed by atoms with Crippen LogP contribution in [0.4, 0.5) is 0 Å². The molecule has 2 aromatic carbocycles. The molecule has 1 heterocycles. The van der Waals surface area contributed by atoms with Gasteiger partial charge in [-0.05, 0) is 35.4 Å². The van der Waals surface area contributed by atoms with Crippen LogP contribution >= 0.6 is 11.6 Å². The second-order valence-corrected chi connectivity index (χ2v) is 5.62. The summed E-state index contributed by atoms with van der Waals surface area (Å²) in [6, 6.07) is 14.7. The Bertz CT molecular complexity index is 889. The Morgan fingerprint density at radius 3 is 2.78 bits per heavy atom. The van der Waals surface area contributed by atoms with Crippen molar-refractivity contribution in [2.45, 2.75) is 13.1 Å². The number of fused-ring (bicyclic) bond motifs is 1. The number of rotatable bonds is 5. The van der Waals surface area contributed by atoms with Crippen molar-refractivity contribution >= 4 is 22.6 Å². The highest BCUT2D eigenvalue weighted by atomic mass is 35.5. The normalized spacial score (nSPS) is 10.9. The molecule has 0 saturated heterocycles. The van der Waals surface area contributed by atoms with Gasteiger partial charge in [-0.2, -0.15) is 0 Å². The first-order chi connectivity index (χ1) is 11.2. The van der Waals surface area contributed by atoms with Crippen molar-refractivity contribution < 1.29 is 9.15 Å². The van der Waals surface area contributed by atoms with Crippen LogP contribution in [0.5, 0.6) is 5.75 Å². The van der Waals surface area contributed by atoms with Gasteiger partial charge in [-0.1, -0.05) is 23.7 Å². The Hall–Kier alpha value is -2.30. The highest BCUT2D eigenvalue weighted by Gasteiger charge is 2.07. The average Bonchev–Trinajstić information content (AvgIpc) is 2.54. The molecule has 3 rings (SSSR count). The summed E-state index contributed by atoms with van der Waals surface area (Å²) >= 11 is 5.97. The van der Waals surface area contributed by atoms with Crippen LogP contribution in [0.1, 0.15) is 11.1 Å². The van der Waals surface area contributed by atoms with E-state index >= 15 is 0 Å². The van der Waals surface area contributed by atoms with E-state index in [-0.39, 0.29) is 5.63 Å². The Morgan fingerprint density at radius 1 is 1.13 bits per heavy atom. The molecule has 0 atom stereocenters. The zero-order valence-electron chi connectivity index (χ0n) is 12.6. The van der Waals surface area contributed by atoms with Gasteiger partial charge in [0, 0.05) is 35.6 Å². The fraction of sp³-hybridized carbons (Fsp3) is 0.167. The lowest BCUT2D eigenvalue weighted by atomic mass is 10.1. The molecule has 0 radical (unpaired) electrons. The van der Waals surface area contributed by atoms with Crippen molar-refractivity contribution in [1.29, 1.82) is 0 Å². The molecule has 1 aromatic heterocycles. The summed E-state index contributed by atoms with van der Waals surface area (Å²) in [5.41, 5.74) is 2.13. The predicted octanol–water partition coefficient (Wildman–Crippen LogP) is 3.74. The fourth-order valence-corrected chi connectivity index (χ4v) is 2.68. The Labute approximate surface area is 138 Å². The Morgan fingerprint density at radius 2 is 2.00 bits per heavy atom. The number of hydrogen-bond acceptors (Lipinski definition) is 4. The molecular weight excluding hydrogens is 314 g/mol. The smallest absolute Gasteiger partial charge is 0.336 e. The molecule has 0 bridgehead atoms. The van der Waals surface area contributed by atoms with Crippen molar-refractivity contribution in [1.82, 2.24) is 5.32 Å². The minimum Gasteiger partial charge on any atom is -0.497 e. The second-order valence-electron chi connectivity index (χ2n) is 5.19. The number of nitrogens with one attached hydrogen (secondary N) is 1. The van der Waals surface area contributed by atoms with Gasteiger partial charge in [0.1, 0.15) is 11.3 Å². The van der Waals surface area contributed by atoms with E-state index in [1.54, 1.807) is 13.2 Å². The number of hydrogen-bond donors (Lipinski definition) is 1. The number of methoxy groups -OCH3 is 1. The van der Waals surface area contributed by atoms with Crippen LogP contribution in [0.15, 0.2) is 57.7 Å². The third-order valence-electron chi connectivity index (χ3n) is 3.57. The molecule has 3 aromatic rings. The number of halogens is 1. The first-order valence-corrected chi connectivity index (χ1v) is 7.59. The lowest BCUT2D eigenvalue weighted by Crippen LogP contribution is -2.14. The highest BCUT2D eigenvalue weighted by Crippen LogP contribution is 2.22. The van der Waals surface area contributed by atoms with Gasteiger partial charge in [0.25, 0.3) is 0 Å². The minimum atomic E-state index is -0.370. The first-order valence-electron chi connectivity index (χ1n) is 7.21. The summed E-state index contributed by atoms with van der Waals surface area (Å²) in [6.07, 6.45) is 0. The van der Waals surface area contributed by atoms with Crippen LogP contribution < -0.4 is 15.7 Å². The van der Waals surface area contributed by atoms with E-state index in [0.717, 1.165) is 16.5 Å². The summed E-state index contributed by atoms with van der Waals surface area (Å²) in [6.45, 7) is 1.22. The maximum Gasteiger partial charge on any atom is 0.336 e. The summed E-state index contributed by atoms with van der Waals surface area (Å²) in [4.78, 5) is 11.7. The van der Waals surface area contributed by atoms with E-state index in [4.69, 9.17) is 20.8 Å². The second kappa shape index (κ2) is 6.86. The van der Waals surface area contributed by atoms with Gasteiger partial charge in [0.2, 0.25) is 0 Å². The molecule has 0 unspecified atom stereocenters. The van der Waals surface area contributed by atoms with E-state index in [9.17, 15) is 4.79 Å². The van der Waals surface area contributed by atoms with Crippen LogP contribution in [0, 0.1) is 0 Å². The Kier molecular flexibility index (Phi) is 4.65. The summed E-state index contributed by atoms with van der Waals surface area (Å²) in [7, 11) is 1.58. The van der Waals surface area contributed by atoms with Crippen molar-refractivity contribution in [2.24, 2.45) is 0 Å². The molecular formula is C18H16ClNO3. The summed E-state index contributed by atoms with van der Waals surface area (Å²) < 4.78 is 10.4. The molecule has 0 fully saturated rings. The third kappa shape index (κ3) is 3.73. The number of ether oxygens (including phenoxy) is 1. The standard InChI is InChI=1S/C18H16ClNO3/c1-22-15-5-6-16-13(8-18(21)23-17(16)9-15)11-20-10-12-3-2-4-14(19)7-12/h2-9,20H,10-11H2,1H3. The molecule has 0 aliphatic carbocycles. The van der Waals surface area contributed by atoms with Crippen LogP contribution in [-0.2, 0) is 13.1 Å². The zero-order valence-corrected chi connectivity index (χ0v) is 13.4. The van der Waals surface area contributed by atoms with Gasteiger partial charge in [0.15, 0.2) is 0 Å². The van der Waals surface area contributed by atoms with E-state index in [1.807, 2.05) is 36.4 Å². The largest absolute Gasteiger partial charge is 0.497 e.